The maximum Gasteiger partial charge on any atom is 0.111 e. The van der Waals surface area contributed by atoms with Crippen LogP contribution in [0.25, 0.3) is 11.0 Å². The van der Waals surface area contributed by atoms with Crippen LogP contribution >= 0.6 is 11.6 Å². The quantitative estimate of drug-likeness (QED) is 0.759. The number of hydrogen-bond donors (Lipinski definition) is 0. The molecule has 0 radical (unpaired) electrons. The molecule has 3 nitrogen and oxygen atoms in total. The first-order chi connectivity index (χ1) is 9.54. The van der Waals surface area contributed by atoms with Gasteiger partial charge in [-0.15, -0.1) is 11.6 Å². The fraction of sp³-hybridized carbons (Fsp3) is 0.562. The van der Waals surface area contributed by atoms with Crippen LogP contribution < -0.4 is 0 Å². The third-order valence-corrected chi connectivity index (χ3v) is 3.83. The number of imidazole rings is 1. The van der Waals surface area contributed by atoms with Gasteiger partial charge in [-0.05, 0) is 32.1 Å². The van der Waals surface area contributed by atoms with Crippen LogP contribution in [0, 0.1) is 5.92 Å². The molecule has 0 spiro atoms. The van der Waals surface area contributed by atoms with Crippen LogP contribution in [0.2, 0.25) is 0 Å². The summed E-state index contributed by atoms with van der Waals surface area (Å²) in [6.07, 6.45) is 0.812. The minimum absolute atomic E-state index is 0.413. The first kappa shape index (κ1) is 15.3. The van der Waals surface area contributed by atoms with Crippen molar-refractivity contribution < 1.29 is 0 Å². The van der Waals surface area contributed by atoms with E-state index in [0.717, 1.165) is 24.3 Å². The fourth-order valence-electron chi connectivity index (χ4n) is 2.69. The molecule has 1 aromatic carbocycles. The molecule has 0 aliphatic rings. The molecule has 0 saturated heterocycles. The molecule has 0 aliphatic carbocycles. The second-order valence-corrected chi connectivity index (χ2v) is 6.28. The van der Waals surface area contributed by atoms with E-state index in [1.807, 2.05) is 6.07 Å². The molecule has 0 bridgehead atoms. The summed E-state index contributed by atoms with van der Waals surface area (Å²) in [6.45, 7) is 5.55. The highest BCUT2D eigenvalue weighted by atomic mass is 35.5. The monoisotopic (exact) mass is 293 g/mol. The summed E-state index contributed by atoms with van der Waals surface area (Å²) in [5.74, 6) is 2.25. The van der Waals surface area contributed by atoms with Crippen molar-refractivity contribution in [1.82, 2.24) is 14.5 Å². The molecule has 1 unspecified atom stereocenters. The molecule has 1 heterocycles. The molecule has 0 amide bonds. The van der Waals surface area contributed by atoms with Crippen LogP contribution in [0.3, 0.4) is 0 Å². The zero-order chi connectivity index (χ0) is 14.7. The summed E-state index contributed by atoms with van der Waals surface area (Å²) in [5, 5.41) is 0. The van der Waals surface area contributed by atoms with E-state index in [-0.39, 0.29) is 0 Å². The van der Waals surface area contributed by atoms with Gasteiger partial charge in [-0.2, -0.15) is 0 Å². The van der Waals surface area contributed by atoms with E-state index in [1.165, 1.54) is 5.52 Å². The van der Waals surface area contributed by atoms with Crippen molar-refractivity contribution in [2.45, 2.75) is 26.3 Å². The molecule has 4 heteroatoms. The number of aryl methyl sites for hydroxylation is 1. The summed E-state index contributed by atoms with van der Waals surface area (Å²) in [7, 11) is 4.24. The lowest BCUT2D eigenvalue weighted by atomic mass is 10.0. The van der Waals surface area contributed by atoms with Gasteiger partial charge < -0.3 is 9.47 Å². The van der Waals surface area contributed by atoms with E-state index < -0.39 is 0 Å². The van der Waals surface area contributed by atoms with Gasteiger partial charge in [-0.25, -0.2) is 4.98 Å². The van der Waals surface area contributed by atoms with Crippen molar-refractivity contribution >= 4 is 22.6 Å². The Labute approximate surface area is 126 Å². The topological polar surface area (TPSA) is 21.1 Å². The maximum atomic E-state index is 5.96. The third-order valence-electron chi connectivity index (χ3n) is 3.64. The number of likely N-dealkylation sites (N-methyl/N-ethyl adjacent to an activating group) is 1. The Bertz CT molecular complexity index is 560. The van der Waals surface area contributed by atoms with Gasteiger partial charge in [0.25, 0.3) is 0 Å². The van der Waals surface area contributed by atoms with Crippen LogP contribution in [-0.4, -0.2) is 41.0 Å². The minimum Gasteiger partial charge on any atom is -0.323 e. The molecule has 1 aromatic heterocycles. The first-order valence-corrected chi connectivity index (χ1v) is 7.74. The highest BCUT2D eigenvalue weighted by Crippen LogP contribution is 2.27. The lowest BCUT2D eigenvalue weighted by Gasteiger charge is -2.28. The van der Waals surface area contributed by atoms with Crippen LogP contribution in [0.5, 0.6) is 0 Å². The molecule has 2 aromatic rings. The molecule has 0 N–H and O–H groups in total. The average molecular weight is 294 g/mol. The summed E-state index contributed by atoms with van der Waals surface area (Å²) >= 11 is 5.96. The molecular formula is C16H24ClN3. The van der Waals surface area contributed by atoms with Crippen molar-refractivity contribution in [2.75, 3.05) is 26.5 Å². The molecule has 0 aliphatic heterocycles. The number of para-hydroxylation sites is 2. The Hall–Kier alpha value is -1.06. The highest BCUT2D eigenvalue weighted by Gasteiger charge is 2.22. The van der Waals surface area contributed by atoms with Gasteiger partial charge in [-0.1, -0.05) is 26.0 Å². The lowest BCUT2D eigenvalue weighted by molar-refractivity contribution is 0.269. The van der Waals surface area contributed by atoms with Crippen LogP contribution in [-0.2, 0) is 6.42 Å². The maximum absolute atomic E-state index is 5.96. The van der Waals surface area contributed by atoms with Crippen molar-refractivity contribution in [2.24, 2.45) is 5.92 Å². The van der Waals surface area contributed by atoms with E-state index in [4.69, 9.17) is 16.6 Å². The Morgan fingerprint density at radius 2 is 1.95 bits per heavy atom. The third kappa shape index (κ3) is 3.15. The Morgan fingerprint density at radius 1 is 1.25 bits per heavy atom. The molecule has 0 fully saturated rings. The number of nitrogens with zero attached hydrogens (tertiary/aromatic N) is 3. The molecule has 2 rings (SSSR count). The smallest absolute Gasteiger partial charge is 0.111 e. The van der Waals surface area contributed by atoms with E-state index in [0.29, 0.717) is 17.8 Å². The van der Waals surface area contributed by atoms with Gasteiger partial charge in [0.1, 0.15) is 5.82 Å². The number of fused-ring (bicyclic) bond motifs is 1. The highest BCUT2D eigenvalue weighted by molar-refractivity contribution is 6.17. The van der Waals surface area contributed by atoms with E-state index in [2.05, 4.69) is 55.6 Å². The van der Waals surface area contributed by atoms with Crippen molar-refractivity contribution in [1.29, 1.82) is 0 Å². The fourth-order valence-corrected chi connectivity index (χ4v) is 2.86. The molecule has 1 atom stereocenters. The van der Waals surface area contributed by atoms with E-state index in [1.54, 1.807) is 0 Å². The normalized spacial score (nSPS) is 13.6. The van der Waals surface area contributed by atoms with Gasteiger partial charge in [0.05, 0.1) is 17.1 Å². The molecule has 110 valence electrons. The summed E-state index contributed by atoms with van der Waals surface area (Å²) in [5.41, 5.74) is 2.28. The Balaban J connectivity index is 2.55. The van der Waals surface area contributed by atoms with Crippen molar-refractivity contribution in [3.8, 4) is 0 Å². The van der Waals surface area contributed by atoms with Gasteiger partial charge in [-0.3, -0.25) is 0 Å². The summed E-state index contributed by atoms with van der Waals surface area (Å²) in [4.78, 5) is 7.01. The van der Waals surface area contributed by atoms with Crippen molar-refractivity contribution in [3.63, 3.8) is 0 Å². The average Bonchev–Trinajstić information content (AvgIpc) is 2.74. The Kier molecular flexibility index (Phi) is 5.06. The van der Waals surface area contributed by atoms with Crippen LogP contribution in [0.1, 0.15) is 25.7 Å². The number of benzene rings is 1. The van der Waals surface area contributed by atoms with Crippen LogP contribution in [0.4, 0.5) is 0 Å². The predicted octanol–water partition coefficient (Wildman–Crippen LogP) is 3.58. The Morgan fingerprint density at radius 3 is 2.55 bits per heavy atom. The summed E-state index contributed by atoms with van der Waals surface area (Å²) in [6, 6.07) is 8.77. The number of alkyl halides is 1. The van der Waals surface area contributed by atoms with Crippen molar-refractivity contribution in [3.05, 3.63) is 30.1 Å². The molecular weight excluding hydrogens is 270 g/mol. The number of hydrogen-bond acceptors (Lipinski definition) is 2. The minimum atomic E-state index is 0.413. The largest absolute Gasteiger partial charge is 0.323 e. The van der Waals surface area contributed by atoms with Gasteiger partial charge in [0.15, 0.2) is 0 Å². The first-order valence-electron chi connectivity index (χ1n) is 7.21. The number of aromatic nitrogens is 2. The zero-order valence-electron chi connectivity index (χ0n) is 12.8. The number of rotatable bonds is 6. The van der Waals surface area contributed by atoms with Gasteiger partial charge in [0, 0.05) is 18.8 Å². The SMILES string of the molecule is CC(C)C(CN(C)C)n1c(CCCl)nc2ccccc21. The van der Waals surface area contributed by atoms with Gasteiger partial charge in [0.2, 0.25) is 0 Å². The second-order valence-electron chi connectivity index (χ2n) is 5.90. The predicted molar refractivity (Wildman–Crippen MR) is 86.6 cm³/mol. The van der Waals surface area contributed by atoms with Crippen LogP contribution in [0.15, 0.2) is 24.3 Å². The van der Waals surface area contributed by atoms with E-state index in [9.17, 15) is 0 Å². The molecule has 20 heavy (non-hydrogen) atoms. The standard InChI is InChI=1S/C16H24ClN3/c1-12(2)15(11-19(3)4)20-14-8-6-5-7-13(14)18-16(20)9-10-17/h5-8,12,15H,9-11H2,1-4H3. The molecule has 0 saturated carbocycles. The number of halogens is 1. The van der Waals surface area contributed by atoms with Gasteiger partial charge >= 0.3 is 0 Å². The van der Waals surface area contributed by atoms with E-state index >= 15 is 0 Å². The second kappa shape index (κ2) is 6.59. The summed E-state index contributed by atoms with van der Waals surface area (Å²) < 4.78 is 2.39. The zero-order valence-corrected chi connectivity index (χ0v) is 13.6. The lowest BCUT2D eigenvalue weighted by Crippen LogP contribution is -2.29.